The first kappa shape index (κ1) is 15.2. The second-order valence-corrected chi connectivity index (χ2v) is 6.24. The van der Waals surface area contributed by atoms with E-state index >= 15 is 0 Å². The number of halogens is 3. The Balaban J connectivity index is 1.75. The Bertz CT molecular complexity index is 807. The summed E-state index contributed by atoms with van der Waals surface area (Å²) < 4.78 is 27.6. The molecule has 22 heavy (non-hydrogen) atoms. The molecule has 2 aromatic carbocycles. The van der Waals surface area contributed by atoms with E-state index in [9.17, 15) is 8.78 Å². The van der Waals surface area contributed by atoms with Crippen molar-refractivity contribution in [2.75, 3.05) is 0 Å². The lowest BCUT2D eigenvalue weighted by atomic mass is 10.2. The standard InChI is InChI=1S/C15H10BrF2N3S/c16-11-6-2-1-5-10(11)14-19-15(21-20-14)22-8-9-4-3-7-12(17)13(9)18/h1-7H,8H2,(H,19,20,21). The molecule has 1 N–H and O–H groups in total. The first-order valence-corrected chi connectivity index (χ1v) is 8.16. The summed E-state index contributed by atoms with van der Waals surface area (Å²) in [7, 11) is 0. The molecule has 0 saturated carbocycles. The smallest absolute Gasteiger partial charge is 0.209 e. The van der Waals surface area contributed by atoms with Gasteiger partial charge in [0.1, 0.15) is 0 Å². The molecular formula is C15H10BrF2N3S. The molecule has 0 spiro atoms. The number of H-pyrrole nitrogens is 1. The molecule has 0 aliphatic carbocycles. The predicted octanol–water partition coefficient (Wildman–Crippen LogP) is 4.80. The molecule has 0 aliphatic heterocycles. The fraction of sp³-hybridized carbons (Fsp3) is 0.0667. The fourth-order valence-corrected chi connectivity index (χ4v) is 3.13. The topological polar surface area (TPSA) is 41.6 Å². The highest BCUT2D eigenvalue weighted by atomic mass is 79.9. The number of hydrogen-bond acceptors (Lipinski definition) is 3. The van der Waals surface area contributed by atoms with Crippen LogP contribution in [0.5, 0.6) is 0 Å². The summed E-state index contributed by atoms with van der Waals surface area (Å²) in [5, 5.41) is 7.42. The molecule has 1 aromatic heterocycles. The minimum Gasteiger partial charge on any atom is -0.258 e. The second-order valence-electron chi connectivity index (χ2n) is 4.45. The number of rotatable bonds is 4. The van der Waals surface area contributed by atoms with E-state index in [1.807, 2.05) is 24.3 Å². The van der Waals surface area contributed by atoms with Gasteiger partial charge in [-0.15, -0.1) is 5.10 Å². The Kier molecular flexibility index (Phi) is 4.54. The highest BCUT2D eigenvalue weighted by molar-refractivity contribution is 9.10. The molecular weight excluding hydrogens is 372 g/mol. The van der Waals surface area contributed by atoms with Crippen LogP contribution in [0.25, 0.3) is 11.4 Å². The van der Waals surface area contributed by atoms with Crippen LogP contribution >= 0.6 is 27.7 Å². The van der Waals surface area contributed by atoms with Crippen LogP contribution in [-0.4, -0.2) is 15.2 Å². The third-order valence-corrected chi connectivity index (χ3v) is 4.57. The lowest BCUT2D eigenvalue weighted by Gasteiger charge is -2.01. The van der Waals surface area contributed by atoms with Gasteiger partial charge in [-0.05, 0) is 12.1 Å². The van der Waals surface area contributed by atoms with Crippen LogP contribution in [0.1, 0.15) is 5.56 Å². The van der Waals surface area contributed by atoms with E-state index in [1.165, 1.54) is 17.8 Å². The van der Waals surface area contributed by atoms with Gasteiger partial charge in [-0.3, -0.25) is 5.10 Å². The third-order valence-electron chi connectivity index (χ3n) is 2.98. The Morgan fingerprint density at radius 3 is 2.73 bits per heavy atom. The van der Waals surface area contributed by atoms with E-state index in [1.54, 1.807) is 6.07 Å². The molecule has 0 unspecified atom stereocenters. The number of nitrogens with one attached hydrogen (secondary N) is 1. The Labute approximate surface area is 138 Å². The maximum atomic E-state index is 13.6. The zero-order valence-electron chi connectivity index (χ0n) is 11.2. The van der Waals surface area contributed by atoms with Crippen LogP contribution in [-0.2, 0) is 5.75 Å². The third kappa shape index (κ3) is 3.20. The summed E-state index contributed by atoms with van der Waals surface area (Å²) in [4.78, 5) is 4.36. The van der Waals surface area contributed by atoms with Crippen LogP contribution in [0.3, 0.4) is 0 Å². The number of benzene rings is 2. The first-order valence-electron chi connectivity index (χ1n) is 6.38. The Morgan fingerprint density at radius 1 is 1.09 bits per heavy atom. The van der Waals surface area contributed by atoms with Gasteiger partial charge in [0.05, 0.1) is 0 Å². The first-order chi connectivity index (χ1) is 10.6. The predicted molar refractivity (Wildman–Crippen MR) is 85.4 cm³/mol. The van der Waals surface area contributed by atoms with Gasteiger partial charge in [-0.25, -0.2) is 13.8 Å². The molecule has 0 fully saturated rings. The van der Waals surface area contributed by atoms with E-state index in [4.69, 9.17) is 0 Å². The summed E-state index contributed by atoms with van der Waals surface area (Å²) in [5.41, 5.74) is 1.18. The monoisotopic (exact) mass is 381 g/mol. The average Bonchev–Trinajstić information content (AvgIpc) is 2.98. The van der Waals surface area contributed by atoms with Gasteiger partial charge < -0.3 is 0 Å². The van der Waals surface area contributed by atoms with E-state index in [0.29, 0.717) is 11.0 Å². The lowest BCUT2D eigenvalue weighted by molar-refractivity contribution is 0.502. The number of thioether (sulfide) groups is 1. The maximum absolute atomic E-state index is 13.6. The Morgan fingerprint density at radius 2 is 1.91 bits per heavy atom. The number of nitrogens with zero attached hydrogens (tertiary/aromatic N) is 2. The largest absolute Gasteiger partial charge is 0.258 e. The molecule has 0 radical (unpaired) electrons. The quantitative estimate of drug-likeness (QED) is 0.659. The molecule has 3 rings (SSSR count). The summed E-state index contributed by atoms with van der Waals surface area (Å²) in [6.45, 7) is 0. The van der Waals surface area contributed by atoms with Crippen molar-refractivity contribution < 1.29 is 8.78 Å². The van der Waals surface area contributed by atoms with E-state index in [0.717, 1.165) is 16.1 Å². The van der Waals surface area contributed by atoms with Crippen LogP contribution in [0.4, 0.5) is 8.78 Å². The highest BCUT2D eigenvalue weighted by Gasteiger charge is 2.11. The molecule has 0 atom stereocenters. The van der Waals surface area contributed by atoms with Gasteiger partial charge in [-0.1, -0.05) is 58.0 Å². The number of aromatic amines is 1. The normalized spacial score (nSPS) is 10.9. The summed E-state index contributed by atoms with van der Waals surface area (Å²) >= 11 is 4.69. The molecule has 3 aromatic rings. The summed E-state index contributed by atoms with van der Waals surface area (Å²) in [6, 6.07) is 11.8. The zero-order chi connectivity index (χ0) is 15.5. The Hall–Kier alpha value is -1.73. The van der Waals surface area contributed by atoms with E-state index in [2.05, 4.69) is 31.1 Å². The lowest BCUT2D eigenvalue weighted by Crippen LogP contribution is -1.92. The van der Waals surface area contributed by atoms with Crippen LogP contribution in [0.2, 0.25) is 0 Å². The minimum atomic E-state index is -0.845. The maximum Gasteiger partial charge on any atom is 0.209 e. The molecule has 0 saturated heterocycles. The second kappa shape index (κ2) is 6.58. The van der Waals surface area contributed by atoms with Crippen LogP contribution in [0.15, 0.2) is 52.1 Å². The van der Waals surface area contributed by atoms with Crippen LogP contribution in [0, 0.1) is 11.6 Å². The van der Waals surface area contributed by atoms with Crippen molar-refractivity contribution in [2.24, 2.45) is 0 Å². The number of hydrogen-bond donors (Lipinski definition) is 1. The molecule has 112 valence electrons. The molecule has 0 bridgehead atoms. The molecule has 3 nitrogen and oxygen atoms in total. The van der Waals surface area contributed by atoms with Crippen molar-refractivity contribution in [3.8, 4) is 11.4 Å². The van der Waals surface area contributed by atoms with Crippen molar-refractivity contribution in [3.63, 3.8) is 0 Å². The van der Waals surface area contributed by atoms with Gasteiger partial charge in [-0.2, -0.15) is 0 Å². The van der Waals surface area contributed by atoms with Crippen molar-refractivity contribution in [2.45, 2.75) is 10.9 Å². The van der Waals surface area contributed by atoms with Crippen molar-refractivity contribution in [3.05, 3.63) is 64.1 Å². The van der Waals surface area contributed by atoms with Gasteiger partial charge in [0.15, 0.2) is 17.5 Å². The van der Waals surface area contributed by atoms with E-state index < -0.39 is 11.6 Å². The van der Waals surface area contributed by atoms with Crippen molar-refractivity contribution >= 4 is 27.7 Å². The summed E-state index contributed by atoms with van der Waals surface area (Å²) in [5.74, 6) is -0.787. The highest BCUT2D eigenvalue weighted by Crippen LogP contribution is 2.28. The van der Waals surface area contributed by atoms with Crippen molar-refractivity contribution in [1.29, 1.82) is 0 Å². The minimum absolute atomic E-state index is 0.261. The van der Waals surface area contributed by atoms with Gasteiger partial charge in [0.25, 0.3) is 0 Å². The van der Waals surface area contributed by atoms with Gasteiger partial charge >= 0.3 is 0 Å². The van der Waals surface area contributed by atoms with Crippen LogP contribution < -0.4 is 0 Å². The SMILES string of the molecule is Fc1cccc(CSc2n[nH]c(-c3ccccc3Br)n2)c1F. The fourth-order valence-electron chi connectivity index (χ4n) is 1.89. The van der Waals surface area contributed by atoms with E-state index in [-0.39, 0.29) is 11.3 Å². The van der Waals surface area contributed by atoms with Gasteiger partial charge in [0, 0.05) is 21.4 Å². The molecule has 0 amide bonds. The molecule has 0 aliphatic rings. The average molecular weight is 382 g/mol. The molecule has 1 heterocycles. The summed E-state index contributed by atoms with van der Waals surface area (Å²) in [6.07, 6.45) is 0. The van der Waals surface area contributed by atoms with Gasteiger partial charge in [0.2, 0.25) is 5.16 Å². The van der Waals surface area contributed by atoms with Crippen molar-refractivity contribution in [1.82, 2.24) is 15.2 Å². The molecule has 7 heteroatoms. The number of aromatic nitrogens is 3. The zero-order valence-corrected chi connectivity index (χ0v) is 13.6.